The Morgan fingerprint density at radius 2 is 1.96 bits per heavy atom. The topological polar surface area (TPSA) is 69.6 Å². The summed E-state index contributed by atoms with van der Waals surface area (Å²) in [5.74, 6) is 0.997. The number of nitrogens with zero attached hydrogens (tertiary/aromatic N) is 3. The van der Waals surface area contributed by atoms with Crippen LogP contribution in [0.25, 0.3) is 0 Å². The van der Waals surface area contributed by atoms with Crippen LogP contribution >= 0.6 is 11.3 Å². The van der Waals surface area contributed by atoms with Gasteiger partial charge in [-0.2, -0.15) is 0 Å². The summed E-state index contributed by atoms with van der Waals surface area (Å²) in [5, 5.41) is 7.74. The maximum atomic E-state index is 11.9. The molecule has 1 aliphatic heterocycles. The molecule has 2 aromatic rings. The number of hydrogen-bond acceptors (Lipinski definition) is 4. The molecule has 1 aliphatic rings. The highest BCUT2D eigenvalue weighted by Gasteiger charge is 2.20. The van der Waals surface area contributed by atoms with E-state index in [1.165, 1.54) is 16.0 Å². The molecule has 0 unspecified atom stereocenters. The number of guanidine groups is 1. The summed E-state index contributed by atoms with van der Waals surface area (Å²) in [5.41, 5.74) is 3.45. The van der Waals surface area contributed by atoms with E-state index in [-0.39, 0.29) is 5.91 Å². The van der Waals surface area contributed by atoms with Crippen LogP contribution in [0.3, 0.4) is 0 Å². The molecule has 0 saturated carbocycles. The minimum absolute atomic E-state index is 0.254. The fourth-order valence-electron chi connectivity index (χ4n) is 3.13. The van der Waals surface area contributed by atoms with E-state index >= 15 is 0 Å². The smallest absolute Gasteiger partial charge is 0.222 e. The number of thiazole rings is 1. The zero-order chi connectivity index (χ0) is 19.2. The zero-order valence-electron chi connectivity index (χ0n) is 16.2. The van der Waals surface area contributed by atoms with Gasteiger partial charge in [-0.1, -0.05) is 24.3 Å². The number of aryl methyl sites for hydroxylation is 2. The van der Waals surface area contributed by atoms with E-state index in [1.807, 2.05) is 24.0 Å². The average molecular weight is 386 g/mol. The number of hydrogen-bond donors (Lipinski definition) is 2. The van der Waals surface area contributed by atoms with Gasteiger partial charge in [-0.25, -0.2) is 4.98 Å². The Balaban J connectivity index is 1.57. The predicted octanol–water partition coefficient (Wildman–Crippen LogP) is 2.75. The Hall–Kier alpha value is -2.41. The number of benzene rings is 1. The normalized spacial score (nSPS) is 14.7. The summed E-state index contributed by atoms with van der Waals surface area (Å²) >= 11 is 1.71. The first kappa shape index (κ1) is 19.4. The monoisotopic (exact) mass is 385 g/mol. The second-order valence-corrected chi connectivity index (χ2v) is 8.00. The van der Waals surface area contributed by atoms with Gasteiger partial charge in [0.2, 0.25) is 5.91 Å². The van der Waals surface area contributed by atoms with Crippen LogP contribution in [-0.2, 0) is 24.4 Å². The quantitative estimate of drug-likeness (QED) is 0.593. The minimum atomic E-state index is 0.254. The van der Waals surface area contributed by atoms with Crippen molar-refractivity contribution >= 4 is 23.2 Å². The number of rotatable bonds is 6. The number of nitrogens with one attached hydrogen (secondary N) is 2. The molecule has 2 N–H and O–H groups in total. The molecule has 144 valence electrons. The number of aromatic nitrogens is 1. The van der Waals surface area contributed by atoms with Crippen molar-refractivity contribution < 1.29 is 4.79 Å². The molecule has 6 nitrogen and oxygen atoms in total. The molecule has 1 amide bonds. The van der Waals surface area contributed by atoms with E-state index in [0.29, 0.717) is 26.1 Å². The Kier molecular flexibility index (Phi) is 6.45. The van der Waals surface area contributed by atoms with Crippen molar-refractivity contribution in [3.8, 4) is 0 Å². The van der Waals surface area contributed by atoms with Crippen LogP contribution < -0.4 is 10.6 Å². The van der Waals surface area contributed by atoms with E-state index in [2.05, 4.69) is 39.7 Å². The van der Waals surface area contributed by atoms with Gasteiger partial charge < -0.3 is 15.5 Å². The summed E-state index contributed by atoms with van der Waals surface area (Å²) in [6.07, 6.45) is 1.64. The molecule has 7 heteroatoms. The van der Waals surface area contributed by atoms with Gasteiger partial charge in [0.25, 0.3) is 0 Å². The van der Waals surface area contributed by atoms with Crippen molar-refractivity contribution in [1.82, 2.24) is 20.5 Å². The standard InChI is InChI=1S/C20H27N5OS/c1-14-15(2)27-18(24-14)12-23-20(21-3)22-11-16-7-4-5-8-17(16)13-25-10-6-9-19(25)26/h4-5,7-8H,6,9-13H2,1-3H3,(H2,21,22,23). The van der Waals surface area contributed by atoms with Crippen LogP contribution in [0.4, 0.5) is 0 Å². The van der Waals surface area contributed by atoms with E-state index in [4.69, 9.17) is 0 Å². The summed E-state index contributed by atoms with van der Waals surface area (Å²) in [6, 6.07) is 8.26. The molecule has 0 radical (unpaired) electrons. The first-order valence-corrected chi connectivity index (χ1v) is 10.1. The van der Waals surface area contributed by atoms with Crippen LogP contribution in [0.2, 0.25) is 0 Å². The lowest BCUT2D eigenvalue weighted by molar-refractivity contribution is -0.128. The van der Waals surface area contributed by atoms with Crippen LogP contribution in [0.15, 0.2) is 29.3 Å². The van der Waals surface area contributed by atoms with Gasteiger partial charge in [-0.15, -0.1) is 11.3 Å². The fraction of sp³-hybridized carbons (Fsp3) is 0.450. The van der Waals surface area contributed by atoms with Crippen molar-refractivity contribution in [2.24, 2.45) is 4.99 Å². The molecule has 1 aromatic heterocycles. The van der Waals surface area contributed by atoms with Crippen molar-refractivity contribution in [1.29, 1.82) is 0 Å². The highest BCUT2D eigenvalue weighted by Crippen LogP contribution is 2.18. The zero-order valence-corrected chi connectivity index (χ0v) is 17.0. The van der Waals surface area contributed by atoms with Gasteiger partial charge in [-0.3, -0.25) is 9.79 Å². The highest BCUT2D eigenvalue weighted by molar-refractivity contribution is 7.11. The van der Waals surface area contributed by atoms with E-state index in [9.17, 15) is 4.79 Å². The molecular weight excluding hydrogens is 358 g/mol. The van der Waals surface area contributed by atoms with Crippen LogP contribution in [-0.4, -0.2) is 35.3 Å². The van der Waals surface area contributed by atoms with Gasteiger partial charge in [0.05, 0.1) is 12.2 Å². The lowest BCUT2D eigenvalue weighted by Gasteiger charge is -2.19. The second kappa shape index (κ2) is 8.99. The number of aliphatic imine (C=N–C) groups is 1. The molecule has 27 heavy (non-hydrogen) atoms. The summed E-state index contributed by atoms with van der Waals surface area (Å²) < 4.78 is 0. The third-order valence-corrected chi connectivity index (χ3v) is 5.87. The lowest BCUT2D eigenvalue weighted by Crippen LogP contribution is -2.36. The summed E-state index contributed by atoms with van der Waals surface area (Å²) in [7, 11) is 1.77. The van der Waals surface area contributed by atoms with Crippen molar-refractivity contribution in [2.45, 2.75) is 46.3 Å². The van der Waals surface area contributed by atoms with Crippen molar-refractivity contribution in [3.05, 3.63) is 51.0 Å². The number of amides is 1. The van der Waals surface area contributed by atoms with Gasteiger partial charge in [0, 0.05) is 38.0 Å². The molecule has 3 rings (SSSR count). The van der Waals surface area contributed by atoms with Crippen molar-refractivity contribution in [3.63, 3.8) is 0 Å². The molecular formula is C20H27N5OS. The Morgan fingerprint density at radius 1 is 1.22 bits per heavy atom. The molecule has 0 aliphatic carbocycles. The number of carbonyl (C=O) groups is 1. The fourth-order valence-corrected chi connectivity index (χ4v) is 4.01. The Morgan fingerprint density at radius 3 is 2.59 bits per heavy atom. The van der Waals surface area contributed by atoms with E-state index in [1.54, 1.807) is 18.4 Å². The van der Waals surface area contributed by atoms with E-state index < -0.39 is 0 Å². The van der Waals surface area contributed by atoms with Crippen LogP contribution in [0, 0.1) is 13.8 Å². The van der Waals surface area contributed by atoms with Gasteiger partial charge in [0.15, 0.2) is 5.96 Å². The van der Waals surface area contributed by atoms with Gasteiger partial charge in [0.1, 0.15) is 5.01 Å². The van der Waals surface area contributed by atoms with E-state index in [0.717, 1.165) is 29.6 Å². The predicted molar refractivity (Wildman–Crippen MR) is 110 cm³/mol. The third kappa shape index (κ3) is 5.07. The minimum Gasteiger partial charge on any atom is -0.352 e. The molecule has 0 atom stereocenters. The van der Waals surface area contributed by atoms with Gasteiger partial charge >= 0.3 is 0 Å². The molecule has 1 fully saturated rings. The summed E-state index contributed by atoms with van der Waals surface area (Å²) in [6.45, 7) is 6.98. The first-order valence-electron chi connectivity index (χ1n) is 9.29. The van der Waals surface area contributed by atoms with Crippen LogP contribution in [0.5, 0.6) is 0 Å². The maximum Gasteiger partial charge on any atom is 0.222 e. The third-order valence-electron chi connectivity index (χ3n) is 4.80. The average Bonchev–Trinajstić information content (AvgIpc) is 3.21. The van der Waals surface area contributed by atoms with Crippen LogP contribution in [0.1, 0.15) is 39.5 Å². The maximum absolute atomic E-state index is 11.9. The van der Waals surface area contributed by atoms with Gasteiger partial charge in [-0.05, 0) is 31.4 Å². The summed E-state index contributed by atoms with van der Waals surface area (Å²) in [4.78, 5) is 24.0. The molecule has 2 heterocycles. The highest BCUT2D eigenvalue weighted by atomic mass is 32.1. The number of likely N-dealkylation sites (tertiary alicyclic amines) is 1. The molecule has 0 spiro atoms. The lowest BCUT2D eigenvalue weighted by atomic mass is 10.1. The Bertz CT molecular complexity index is 810. The first-order chi connectivity index (χ1) is 13.1. The largest absolute Gasteiger partial charge is 0.352 e. The Labute approximate surface area is 164 Å². The second-order valence-electron chi connectivity index (χ2n) is 6.72. The molecule has 1 aromatic carbocycles. The van der Waals surface area contributed by atoms with Crippen molar-refractivity contribution in [2.75, 3.05) is 13.6 Å². The molecule has 1 saturated heterocycles. The number of carbonyl (C=O) groups excluding carboxylic acids is 1. The molecule has 0 bridgehead atoms. The SMILES string of the molecule is CN=C(NCc1nc(C)c(C)s1)NCc1ccccc1CN1CCCC1=O.